The molecule has 0 aliphatic heterocycles. The van der Waals surface area contributed by atoms with Gasteiger partial charge in [-0.3, -0.25) is 0 Å². The van der Waals surface area contributed by atoms with Crippen molar-refractivity contribution >= 4 is 10.8 Å². The lowest BCUT2D eigenvalue weighted by Gasteiger charge is -2.17. The molecule has 0 amide bonds. The second-order valence-corrected chi connectivity index (χ2v) is 5.20. The van der Waals surface area contributed by atoms with Crippen molar-refractivity contribution in [3.8, 4) is 5.75 Å². The molecule has 0 radical (unpaired) electrons. The molecule has 1 unspecified atom stereocenters. The molecule has 1 atom stereocenters. The molecule has 1 aromatic heterocycles. The van der Waals surface area contributed by atoms with E-state index in [9.17, 15) is 5.11 Å². The van der Waals surface area contributed by atoms with Crippen LogP contribution < -0.4 is 5.32 Å². The van der Waals surface area contributed by atoms with Gasteiger partial charge < -0.3 is 15.0 Å². The summed E-state index contributed by atoms with van der Waals surface area (Å²) in [7, 11) is 0. The van der Waals surface area contributed by atoms with E-state index in [1.54, 1.807) is 12.5 Å². The Kier molecular flexibility index (Phi) is 3.88. The summed E-state index contributed by atoms with van der Waals surface area (Å²) >= 11 is 0. The fraction of sp³-hybridized carbons (Fsp3) is 0.235. The van der Waals surface area contributed by atoms with Crippen LogP contribution in [0.2, 0.25) is 0 Å². The number of hydrogen-bond acceptors (Lipinski definition) is 3. The number of nitrogens with one attached hydrogen (secondary N) is 1. The Morgan fingerprint density at radius 3 is 2.90 bits per heavy atom. The summed E-state index contributed by atoms with van der Waals surface area (Å²) in [5, 5.41) is 15.8. The molecular weight excluding hydrogens is 262 g/mol. The predicted molar refractivity (Wildman–Crippen MR) is 84.3 cm³/mol. The molecule has 0 fully saturated rings. The summed E-state index contributed by atoms with van der Waals surface area (Å²) in [6.45, 7) is 3.75. The molecular formula is C17H19N3O. The van der Waals surface area contributed by atoms with Gasteiger partial charge in [-0.1, -0.05) is 36.4 Å². The fourth-order valence-electron chi connectivity index (χ4n) is 2.56. The quantitative estimate of drug-likeness (QED) is 0.755. The zero-order valence-corrected chi connectivity index (χ0v) is 12.0. The van der Waals surface area contributed by atoms with Gasteiger partial charge in [-0.2, -0.15) is 0 Å². The first-order chi connectivity index (χ1) is 10.3. The lowest BCUT2D eigenvalue weighted by molar-refractivity contribution is 0.455. The van der Waals surface area contributed by atoms with Crippen molar-refractivity contribution in [3.63, 3.8) is 0 Å². The molecule has 1 heterocycles. The maximum absolute atomic E-state index is 10.4. The van der Waals surface area contributed by atoms with E-state index in [4.69, 9.17) is 0 Å². The largest absolute Gasteiger partial charge is 0.507 e. The van der Waals surface area contributed by atoms with Crippen molar-refractivity contribution in [1.82, 2.24) is 14.9 Å². The molecule has 0 aliphatic rings. The summed E-state index contributed by atoms with van der Waals surface area (Å²) in [6.07, 6.45) is 5.53. The van der Waals surface area contributed by atoms with E-state index < -0.39 is 0 Å². The number of phenolic OH excluding ortho intramolecular Hbond substituents is 1. The molecule has 21 heavy (non-hydrogen) atoms. The number of aromatic hydroxyl groups is 1. The molecule has 3 aromatic rings. The van der Waals surface area contributed by atoms with E-state index in [1.165, 1.54) is 0 Å². The number of nitrogens with zero attached hydrogens (tertiary/aromatic N) is 2. The monoisotopic (exact) mass is 281 g/mol. The molecule has 0 aliphatic carbocycles. The van der Waals surface area contributed by atoms with Crippen molar-refractivity contribution < 1.29 is 5.11 Å². The van der Waals surface area contributed by atoms with E-state index >= 15 is 0 Å². The molecule has 0 bridgehead atoms. The molecule has 0 saturated carbocycles. The van der Waals surface area contributed by atoms with E-state index in [-0.39, 0.29) is 6.04 Å². The van der Waals surface area contributed by atoms with Gasteiger partial charge in [0.05, 0.1) is 6.33 Å². The minimum atomic E-state index is 0.0955. The number of hydrogen-bond donors (Lipinski definition) is 2. The third-order valence-corrected chi connectivity index (χ3v) is 3.78. The normalized spacial score (nSPS) is 12.6. The fourth-order valence-corrected chi connectivity index (χ4v) is 2.56. The maximum Gasteiger partial charge on any atom is 0.128 e. The Balaban J connectivity index is 1.72. The van der Waals surface area contributed by atoms with Crippen LogP contribution >= 0.6 is 0 Å². The van der Waals surface area contributed by atoms with Crippen LogP contribution in [-0.2, 0) is 6.54 Å². The van der Waals surface area contributed by atoms with E-state index in [1.807, 2.05) is 41.1 Å². The number of phenols is 1. The van der Waals surface area contributed by atoms with Gasteiger partial charge in [0.25, 0.3) is 0 Å². The van der Waals surface area contributed by atoms with Crippen LogP contribution in [0.25, 0.3) is 10.8 Å². The Morgan fingerprint density at radius 2 is 2.10 bits per heavy atom. The lowest BCUT2D eigenvalue weighted by Crippen LogP contribution is -2.23. The zero-order valence-electron chi connectivity index (χ0n) is 12.0. The van der Waals surface area contributed by atoms with Crippen LogP contribution in [0.5, 0.6) is 5.75 Å². The Labute approximate surface area is 124 Å². The van der Waals surface area contributed by atoms with Gasteiger partial charge in [0.15, 0.2) is 0 Å². The summed E-state index contributed by atoms with van der Waals surface area (Å²) in [5.74, 6) is 0.371. The highest BCUT2D eigenvalue weighted by atomic mass is 16.3. The molecule has 0 spiro atoms. The summed E-state index contributed by atoms with van der Waals surface area (Å²) < 4.78 is 2.03. The third kappa shape index (κ3) is 2.90. The number of rotatable bonds is 5. The van der Waals surface area contributed by atoms with Crippen molar-refractivity contribution in [2.24, 2.45) is 0 Å². The topological polar surface area (TPSA) is 50.1 Å². The number of imidazole rings is 1. The van der Waals surface area contributed by atoms with Crippen LogP contribution in [0.15, 0.2) is 55.1 Å². The molecule has 4 heteroatoms. The third-order valence-electron chi connectivity index (χ3n) is 3.78. The molecule has 0 saturated heterocycles. The Hall–Kier alpha value is -2.33. The number of benzene rings is 2. The number of fused-ring (bicyclic) bond motifs is 1. The van der Waals surface area contributed by atoms with Gasteiger partial charge in [0.2, 0.25) is 0 Å². The van der Waals surface area contributed by atoms with Crippen LogP contribution in [0.3, 0.4) is 0 Å². The van der Waals surface area contributed by atoms with E-state index in [2.05, 4.69) is 23.3 Å². The van der Waals surface area contributed by atoms with Crippen LogP contribution in [0.1, 0.15) is 18.5 Å². The zero-order chi connectivity index (χ0) is 14.7. The second kappa shape index (κ2) is 5.97. The highest BCUT2D eigenvalue weighted by Gasteiger charge is 2.12. The summed E-state index contributed by atoms with van der Waals surface area (Å²) in [6, 6.07) is 12.0. The first-order valence-electron chi connectivity index (χ1n) is 7.15. The van der Waals surface area contributed by atoms with Gasteiger partial charge in [-0.15, -0.1) is 0 Å². The van der Waals surface area contributed by atoms with Crippen LogP contribution in [0.4, 0.5) is 0 Å². The van der Waals surface area contributed by atoms with Crippen molar-refractivity contribution in [1.29, 1.82) is 0 Å². The van der Waals surface area contributed by atoms with Gasteiger partial charge in [0, 0.05) is 42.5 Å². The van der Waals surface area contributed by atoms with Crippen molar-refractivity contribution in [2.75, 3.05) is 6.54 Å². The molecule has 4 nitrogen and oxygen atoms in total. The highest BCUT2D eigenvalue weighted by Crippen LogP contribution is 2.32. The van der Waals surface area contributed by atoms with Crippen molar-refractivity contribution in [2.45, 2.75) is 19.5 Å². The predicted octanol–water partition coefficient (Wildman–Crippen LogP) is 3.09. The average molecular weight is 281 g/mol. The van der Waals surface area contributed by atoms with Crippen molar-refractivity contribution in [3.05, 3.63) is 60.7 Å². The summed E-state index contributed by atoms with van der Waals surface area (Å²) in [4.78, 5) is 4.02. The van der Waals surface area contributed by atoms with Gasteiger partial charge in [-0.05, 0) is 12.3 Å². The molecule has 108 valence electrons. The number of aromatic nitrogens is 2. The van der Waals surface area contributed by atoms with Gasteiger partial charge in [0.1, 0.15) is 5.75 Å². The van der Waals surface area contributed by atoms with E-state index in [0.29, 0.717) is 5.75 Å². The van der Waals surface area contributed by atoms with Gasteiger partial charge in [-0.25, -0.2) is 4.98 Å². The Morgan fingerprint density at radius 1 is 1.24 bits per heavy atom. The summed E-state index contributed by atoms with van der Waals surface area (Å²) in [5.41, 5.74) is 0.930. The average Bonchev–Trinajstić information content (AvgIpc) is 3.01. The second-order valence-electron chi connectivity index (χ2n) is 5.20. The standard InChI is InChI=1S/C17H19N3O/c1-13(19-9-11-20-10-8-18-12-20)15-7-6-14-4-2-3-5-16(14)17(15)21/h2-8,10,12-13,19,21H,9,11H2,1H3. The Bertz CT molecular complexity index is 722. The van der Waals surface area contributed by atoms with Gasteiger partial charge >= 0.3 is 0 Å². The first kappa shape index (κ1) is 13.6. The van der Waals surface area contributed by atoms with Crippen LogP contribution in [0, 0.1) is 0 Å². The highest BCUT2D eigenvalue weighted by molar-refractivity contribution is 5.89. The molecule has 3 rings (SSSR count). The minimum Gasteiger partial charge on any atom is -0.507 e. The molecule has 2 aromatic carbocycles. The smallest absolute Gasteiger partial charge is 0.128 e. The minimum absolute atomic E-state index is 0.0955. The lowest BCUT2D eigenvalue weighted by atomic mass is 10.0. The SMILES string of the molecule is CC(NCCn1ccnc1)c1ccc2ccccc2c1O. The first-order valence-corrected chi connectivity index (χ1v) is 7.15. The maximum atomic E-state index is 10.4. The van der Waals surface area contributed by atoms with E-state index in [0.717, 1.165) is 29.4 Å². The molecule has 2 N–H and O–H groups in total. The van der Waals surface area contributed by atoms with Crippen LogP contribution in [-0.4, -0.2) is 21.2 Å².